The minimum Gasteiger partial charge on any atom is -0.481 e. The summed E-state index contributed by atoms with van der Waals surface area (Å²) in [5.74, 6) is -0.837. The molecule has 0 heterocycles. The van der Waals surface area contributed by atoms with Crippen LogP contribution in [-0.4, -0.2) is 16.6 Å². The third kappa shape index (κ3) is 4.38. The Balaban J connectivity index is 2.68. The molecule has 1 atom stereocenters. The van der Waals surface area contributed by atoms with E-state index in [0.717, 1.165) is 10.2 Å². The molecule has 96 valence electrons. The minimum atomic E-state index is -0.837. The Morgan fingerprint density at radius 2 is 2.22 bits per heavy atom. The summed E-state index contributed by atoms with van der Waals surface area (Å²) in [6, 6.07) is 9.73. The quantitative estimate of drug-likeness (QED) is 0.844. The molecule has 0 aromatic heterocycles. The second-order valence-corrected chi connectivity index (χ2v) is 5.15. The fourth-order valence-corrected chi connectivity index (χ4v) is 1.98. The van der Waals surface area contributed by atoms with Gasteiger partial charge in [0.1, 0.15) is 5.54 Å². The summed E-state index contributed by atoms with van der Waals surface area (Å²) in [6.45, 7) is 1.77. The Bertz CT molecular complexity index is 470. The van der Waals surface area contributed by atoms with Gasteiger partial charge in [-0.2, -0.15) is 5.26 Å². The maximum atomic E-state index is 10.5. The molecule has 18 heavy (non-hydrogen) atoms. The molecule has 0 aliphatic rings. The van der Waals surface area contributed by atoms with E-state index in [0.29, 0.717) is 12.8 Å². The average Bonchev–Trinajstić information content (AvgIpc) is 2.32. The maximum absolute atomic E-state index is 10.5. The molecule has 0 spiro atoms. The van der Waals surface area contributed by atoms with Gasteiger partial charge in [-0.05, 0) is 47.8 Å². The number of nitrogens with one attached hydrogen (secondary N) is 1. The van der Waals surface area contributed by atoms with Gasteiger partial charge >= 0.3 is 5.97 Å². The molecule has 2 N–H and O–H groups in total. The van der Waals surface area contributed by atoms with Crippen LogP contribution in [0.1, 0.15) is 26.2 Å². The number of nitrogens with zero attached hydrogens (tertiary/aromatic N) is 1. The Morgan fingerprint density at radius 3 is 2.78 bits per heavy atom. The second kappa shape index (κ2) is 6.41. The highest BCUT2D eigenvalue weighted by Gasteiger charge is 2.24. The number of benzene rings is 1. The van der Waals surface area contributed by atoms with E-state index < -0.39 is 11.5 Å². The van der Waals surface area contributed by atoms with Crippen molar-refractivity contribution in [3.8, 4) is 6.07 Å². The van der Waals surface area contributed by atoms with Gasteiger partial charge in [0, 0.05) is 16.6 Å². The Labute approximate surface area is 115 Å². The Morgan fingerprint density at radius 1 is 1.56 bits per heavy atom. The number of carboxylic acids is 1. The number of nitriles is 1. The predicted molar refractivity (Wildman–Crippen MR) is 73.3 cm³/mol. The summed E-state index contributed by atoms with van der Waals surface area (Å²) in [7, 11) is 0. The van der Waals surface area contributed by atoms with Crippen LogP contribution in [0, 0.1) is 11.3 Å². The average molecular weight is 311 g/mol. The summed E-state index contributed by atoms with van der Waals surface area (Å²) >= 11 is 3.40. The third-order valence-corrected chi connectivity index (χ3v) is 3.29. The molecule has 0 bridgehead atoms. The van der Waals surface area contributed by atoms with E-state index in [1.165, 1.54) is 0 Å². The monoisotopic (exact) mass is 310 g/mol. The Hall–Kier alpha value is -1.54. The molecule has 1 aromatic carbocycles. The molecule has 0 radical (unpaired) electrons. The first kappa shape index (κ1) is 14.5. The smallest absolute Gasteiger partial charge is 0.303 e. The molecule has 0 aliphatic heterocycles. The zero-order valence-electron chi connectivity index (χ0n) is 10.1. The fraction of sp³-hybridized carbons (Fsp3) is 0.385. The molecule has 1 unspecified atom stereocenters. The third-order valence-electron chi connectivity index (χ3n) is 2.60. The first-order chi connectivity index (χ1) is 8.47. The van der Waals surface area contributed by atoms with E-state index in [4.69, 9.17) is 5.11 Å². The molecule has 0 amide bonds. The summed E-state index contributed by atoms with van der Waals surface area (Å²) < 4.78 is 0.879. The number of halogens is 1. The highest BCUT2D eigenvalue weighted by Crippen LogP contribution is 2.26. The first-order valence-corrected chi connectivity index (χ1v) is 6.42. The number of aliphatic carboxylic acids is 1. The van der Waals surface area contributed by atoms with Gasteiger partial charge in [0.2, 0.25) is 0 Å². The number of carbonyl (C=O) groups is 1. The van der Waals surface area contributed by atoms with E-state index >= 15 is 0 Å². The summed E-state index contributed by atoms with van der Waals surface area (Å²) in [4.78, 5) is 10.5. The second-order valence-electron chi connectivity index (χ2n) is 4.30. The van der Waals surface area contributed by atoms with Crippen LogP contribution in [0.2, 0.25) is 0 Å². The highest BCUT2D eigenvalue weighted by atomic mass is 79.9. The van der Waals surface area contributed by atoms with Gasteiger partial charge in [-0.1, -0.05) is 12.1 Å². The normalized spacial score (nSPS) is 13.4. The summed E-state index contributed by atoms with van der Waals surface area (Å²) in [5, 5.41) is 21.0. The summed E-state index contributed by atoms with van der Waals surface area (Å²) in [6.07, 6.45) is 1.03. The number of hydrogen-bond acceptors (Lipinski definition) is 3. The molecule has 1 rings (SSSR count). The van der Waals surface area contributed by atoms with Gasteiger partial charge < -0.3 is 10.4 Å². The topological polar surface area (TPSA) is 73.1 Å². The zero-order valence-corrected chi connectivity index (χ0v) is 11.7. The van der Waals surface area contributed by atoms with Gasteiger partial charge in [-0.25, -0.2) is 0 Å². The van der Waals surface area contributed by atoms with Crippen molar-refractivity contribution in [2.75, 3.05) is 5.32 Å². The van der Waals surface area contributed by atoms with Gasteiger partial charge in [-0.15, -0.1) is 0 Å². The van der Waals surface area contributed by atoms with Gasteiger partial charge in [0.25, 0.3) is 0 Å². The molecule has 0 saturated heterocycles. The lowest BCUT2D eigenvalue weighted by molar-refractivity contribution is -0.137. The molecule has 5 heteroatoms. The lowest BCUT2D eigenvalue weighted by atomic mass is 9.96. The number of para-hydroxylation sites is 1. The standard InChI is InChI=1S/C13H15BrN2O2/c1-13(9-15,8-4-7-12(17)18)16-11-6-3-2-5-10(11)14/h2-3,5-6,16H,4,7-8H2,1H3,(H,17,18). The van der Waals surface area contributed by atoms with Crippen LogP contribution in [0.25, 0.3) is 0 Å². The lowest BCUT2D eigenvalue weighted by Crippen LogP contribution is -2.33. The lowest BCUT2D eigenvalue weighted by Gasteiger charge is -2.25. The van der Waals surface area contributed by atoms with Crippen molar-refractivity contribution in [3.63, 3.8) is 0 Å². The van der Waals surface area contributed by atoms with Crippen molar-refractivity contribution < 1.29 is 9.90 Å². The number of rotatable bonds is 6. The van der Waals surface area contributed by atoms with Crippen LogP contribution >= 0.6 is 15.9 Å². The predicted octanol–water partition coefficient (Wildman–Crippen LogP) is 3.40. The van der Waals surface area contributed by atoms with Crippen molar-refractivity contribution in [1.82, 2.24) is 0 Å². The molecule has 0 fully saturated rings. The molecule has 0 saturated carbocycles. The number of anilines is 1. The molecule has 1 aromatic rings. The van der Waals surface area contributed by atoms with Crippen molar-refractivity contribution in [3.05, 3.63) is 28.7 Å². The van der Waals surface area contributed by atoms with Gasteiger partial charge in [0.05, 0.1) is 6.07 Å². The van der Waals surface area contributed by atoms with Crippen molar-refractivity contribution >= 4 is 27.6 Å². The van der Waals surface area contributed by atoms with Crippen LogP contribution in [0.4, 0.5) is 5.69 Å². The van der Waals surface area contributed by atoms with Crippen LogP contribution in [0.3, 0.4) is 0 Å². The zero-order chi connectivity index (χ0) is 13.6. The molecule has 4 nitrogen and oxygen atoms in total. The fourth-order valence-electron chi connectivity index (χ4n) is 1.60. The first-order valence-electron chi connectivity index (χ1n) is 5.62. The van der Waals surface area contributed by atoms with E-state index in [1.54, 1.807) is 6.92 Å². The minimum absolute atomic E-state index is 0.0783. The van der Waals surface area contributed by atoms with Crippen molar-refractivity contribution in [2.45, 2.75) is 31.7 Å². The van der Waals surface area contributed by atoms with Crippen LogP contribution in [0.5, 0.6) is 0 Å². The van der Waals surface area contributed by atoms with Crippen LogP contribution in [-0.2, 0) is 4.79 Å². The SMILES string of the molecule is CC(C#N)(CCCC(=O)O)Nc1ccccc1Br. The van der Waals surface area contributed by atoms with Crippen LogP contribution in [0.15, 0.2) is 28.7 Å². The molecule has 0 aliphatic carbocycles. The van der Waals surface area contributed by atoms with Crippen LogP contribution < -0.4 is 5.32 Å². The van der Waals surface area contributed by atoms with E-state index in [2.05, 4.69) is 27.3 Å². The van der Waals surface area contributed by atoms with Gasteiger partial charge in [-0.3, -0.25) is 4.79 Å². The Kier molecular flexibility index (Phi) is 5.17. The van der Waals surface area contributed by atoms with Crippen molar-refractivity contribution in [2.24, 2.45) is 0 Å². The van der Waals surface area contributed by atoms with E-state index in [-0.39, 0.29) is 6.42 Å². The number of carboxylic acid groups (broad SMARTS) is 1. The molecular formula is C13H15BrN2O2. The van der Waals surface area contributed by atoms with Crippen molar-refractivity contribution in [1.29, 1.82) is 5.26 Å². The van der Waals surface area contributed by atoms with E-state index in [9.17, 15) is 10.1 Å². The van der Waals surface area contributed by atoms with E-state index in [1.807, 2.05) is 24.3 Å². The largest absolute Gasteiger partial charge is 0.481 e. The summed E-state index contributed by atoms with van der Waals surface area (Å²) in [5.41, 5.74) is 0.0659. The maximum Gasteiger partial charge on any atom is 0.303 e. The highest BCUT2D eigenvalue weighted by molar-refractivity contribution is 9.10. The number of hydrogen-bond donors (Lipinski definition) is 2. The van der Waals surface area contributed by atoms with Gasteiger partial charge in [0.15, 0.2) is 0 Å². The molecular weight excluding hydrogens is 296 g/mol.